The van der Waals surface area contributed by atoms with E-state index in [9.17, 15) is 4.79 Å². The number of benzene rings is 3. The Balaban J connectivity index is 1.15. The fourth-order valence-corrected chi connectivity index (χ4v) is 6.27. The number of nitrogens with zero attached hydrogens (tertiary/aromatic N) is 4. The number of piperidine rings is 1. The SMILES string of the molecule is O=C1c2ccccc2-c2onc3c(N4CCCCC4)cc(NCCN4CCN(c5ccccc5)CC4)c1c23. The monoisotopic (exact) mass is 507 g/mol. The van der Waals surface area contributed by atoms with Crippen molar-refractivity contribution in [3.05, 3.63) is 71.8 Å². The molecule has 3 aromatic carbocycles. The van der Waals surface area contributed by atoms with Crippen molar-refractivity contribution in [2.24, 2.45) is 0 Å². The van der Waals surface area contributed by atoms with Crippen LogP contribution in [0.15, 0.2) is 65.2 Å². The van der Waals surface area contributed by atoms with E-state index in [2.05, 4.69) is 61.6 Å². The minimum Gasteiger partial charge on any atom is -0.383 e. The summed E-state index contributed by atoms with van der Waals surface area (Å²) in [5.41, 5.74) is 6.29. The van der Waals surface area contributed by atoms with Crippen molar-refractivity contribution in [1.29, 1.82) is 0 Å². The van der Waals surface area contributed by atoms with Crippen LogP contribution in [0.2, 0.25) is 0 Å². The fourth-order valence-electron chi connectivity index (χ4n) is 6.27. The zero-order valence-corrected chi connectivity index (χ0v) is 21.7. The molecule has 7 rings (SSSR count). The van der Waals surface area contributed by atoms with E-state index in [0.717, 1.165) is 80.2 Å². The fraction of sp³-hybridized carbons (Fsp3) is 0.355. The van der Waals surface area contributed by atoms with Crippen molar-refractivity contribution < 1.29 is 9.32 Å². The lowest BCUT2D eigenvalue weighted by atomic mass is 9.86. The molecular weight excluding hydrogens is 474 g/mol. The summed E-state index contributed by atoms with van der Waals surface area (Å²) in [5, 5.41) is 9.04. The maximum absolute atomic E-state index is 13.8. The van der Waals surface area contributed by atoms with Gasteiger partial charge in [0.1, 0.15) is 5.52 Å². The topological polar surface area (TPSA) is 64.9 Å². The third kappa shape index (κ3) is 4.02. The van der Waals surface area contributed by atoms with Gasteiger partial charge in [0, 0.05) is 74.9 Å². The van der Waals surface area contributed by atoms with Crippen LogP contribution in [0.25, 0.3) is 22.2 Å². The summed E-state index contributed by atoms with van der Waals surface area (Å²) in [7, 11) is 0. The van der Waals surface area contributed by atoms with Gasteiger partial charge in [-0.2, -0.15) is 0 Å². The summed E-state index contributed by atoms with van der Waals surface area (Å²) < 4.78 is 5.93. The summed E-state index contributed by atoms with van der Waals surface area (Å²) >= 11 is 0. The number of hydrogen-bond donors (Lipinski definition) is 1. The van der Waals surface area contributed by atoms with Crippen LogP contribution >= 0.6 is 0 Å². The molecule has 38 heavy (non-hydrogen) atoms. The summed E-state index contributed by atoms with van der Waals surface area (Å²) in [5.74, 6) is 0.759. The number of hydrogen-bond acceptors (Lipinski definition) is 7. The lowest BCUT2D eigenvalue weighted by molar-refractivity contribution is 0.104. The molecule has 2 aliphatic heterocycles. The highest BCUT2D eigenvalue weighted by molar-refractivity contribution is 6.28. The molecule has 1 N–H and O–H groups in total. The second-order valence-corrected chi connectivity index (χ2v) is 10.6. The number of carbonyl (C=O) groups excluding carboxylic acids is 1. The number of aromatic nitrogens is 1. The molecule has 0 atom stereocenters. The maximum atomic E-state index is 13.8. The number of anilines is 3. The highest BCUT2D eigenvalue weighted by Crippen LogP contribution is 2.46. The standard InChI is InChI=1S/C31H33N5O2/c37-30-23-11-5-6-12-24(23)31-28-27(30)25(21-26(29(28)33-38-31)36-14-7-2-8-15-36)32-13-16-34-17-19-35(20-18-34)22-9-3-1-4-10-22/h1,3-6,9-12,21,32H,2,7-8,13-20H2. The Kier molecular flexibility index (Phi) is 6.01. The van der Waals surface area contributed by atoms with Gasteiger partial charge < -0.3 is 19.6 Å². The minimum atomic E-state index is 0.0467. The molecule has 2 fully saturated rings. The molecule has 3 aliphatic rings. The Morgan fingerprint density at radius 1 is 0.816 bits per heavy atom. The van der Waals surface area contributed by atoms with Crippen LogP contribution in [-0.4, -0.2) is 68.2 Å². The van der Waals surface area contributed by atoms with E-state index in [1.807, 2.05) is 24.3 Å². The smallest absolute Gasteiger partial charge is 0.196 e. The number of nitrogens with one attached hydrogen (secondary N) is 1. The number of piperazine rings is 1. The van der Waals surface area contributed by atoms with Crippen LogP contribution in [-0.2, 0) is 0 Å². The Bertz CT molecular complexity index is 1470. The van der Waals surface area contributed by atoms with Crippen molar-refractivity contribution >= 4 is 33.7 Å². The molecule has 1 aliphatic carbocycles. The zero-order chi connectivity index (χ0) is 25.5. The second-order valence-electron chi connectivity index (χ2n) is 10.6. The maximum Gasteiger partial charge on any atom is 0.196 e. The Morgan fingerprint density at radius 2 is 1.55 bits per heavy atom. The van der Waals surface area contributed by atoms with Gasteiger partial charge in [0.25, 0.3) is 0 Å². The normalized spacial score (nSPS) is 17.6. The molecule has 0 unspecified atom stereocenters. The quantitative estimate of drug-likeness (QED) is 0.336. The first-order valence-corrected chi connectivity index (χ1v) is 13.9. The summed E-state index contributed by atoms with van der Waals surface area (Å²) in [6.45, 7) is 7.84. The Labute approximate surface area is 223 Å². The highest BCUT2D eigenvalue weighted by atomic mass is 16.5. The second kappa shape index (κ2) is 9.80. The molecule has 2 saturated heterocycles. The first kappa shape index (κ1) is 23.3. The predicted octanol–water partition coefficient (Wildman–Crippen LogP) is 5.26. The first-order chi connectivity index (χ1) is 18.8. The van der Waals surface area contributed by atoms with Gasteiger partial charge in [0.15, 0.2) is 11.5 Å². The van der Waals surface area contributed by atoms with Crippen LogP contribution in [0.3, 0.4) is 0 Å². The molecular formula is C31H33N5O2. The highest BCUT2D eigenvalue weighted by Gasteiger charge is 2.33. The molecule has 1 aromatic heterocycles. The van der Waals surface area contributed by atoms with Crippen LogP contribution in [0.4, 0.5) is 17.1 Å². The molecule has 0 bridgehead atoms. The summed E-state index contributed by atoms with van der Waals surface area (Å²) in [6, 6.07) is 20.5. The van der Waals surface area contributed by atoms with Crippen molar-refractivity contribution in [1.82, 2.24) is 10.1 Å². The van der Waals surface area contributed by atoms with E-state index in [4.69, 9.17) is 4.52 Å². The third-order valence-electron chi connectivity index (χ3n) is 8.31. The van der Waals surface area contributed by atoms with Gasteiger partial charge in [0.2, 0.25) is 0 Å². The Hall–Kier alpha value is -3.84. The molecule has 0 saturated carbocycles. The van der Waals surface area contributed by atoms with Gasteiger partial charge in [-0.25, -0.2) is 0 Å². The molecule has 0 radical (unpaired) electrons. The van der Waals surface area contributed by atoms with Crippen LogP contribution in [0.5, 0.6) is 0 Å². The summed E-state index contributed by atoms with van der Waals surface area (Å²) in [6.07, 6.45) is 3.61. The average molecular weight is 508 g/mol. The summed E-state index contributed by atoms with van der Waals surface area (Å²) in [4.78, 5) is 21.2. The van der Waals surface area contributed by atoms with Crippen LogP contribution in [0.1, 0.15) is 35.2 Å². The number of fused-ring (bicyclic) bond motifs is 2. The van der Waals surface area contributed by atoms with Gasteiger partial charge in [-0.15, -0.1) is 0 Å². The molecule has 4 aromatic rings. The van der Waals surface area contributed by atoms with Crippen LogP contribution in [0, 0.1) is 0 Å². The van der Waals surface area contributed by atoms with Gasteiger partial charge in [-0.3, -0.25) is 9.69 Å². The largest absolute Gasteiger partial charge is 0.383 e. The van der Waals surface area contributed by atoms with Gasteiger partial charge >= 0.3 is 0 Å². The lowest BCUT2D eigenvalue weighted by Crippen LogP contribution is -2.47. The molecule has 3 heterocycles. The molecule has 7 heteroatoms. The average Bonchev–Trinajstić information content (AvgIpc) is 3.43. The zero-order valence-electron chi connectivity index (χ0n) is 21.7. The van der Waals surface area contributed by atoms with Gasteiger partial charge in [-0.05, 0) is 37.5 Å². The van der Waals surface area contributed by atoms with Crippen molar-refractivity contribution in [2.75, 3.05) is 67.5 Å². The Morgan fingerprint density at radius 3 is 2.34 bits per heavy atom. The van der Waals surface area contributed by atoms with Crippen molar-refractivity contribution in [3.8, 4) is 11.3 Å². The van der Waals surface area contributed by atoms with Crippen molar-refractivity contribution in [2.45, 2.75) is 19.3 Å². The number of carbonyl (C=O) groups is 1. The van der Waals surface area contributed by atoms with E-state index < -0.39 is 0 Å². The first-order valence-electron chi connectivity index (χ1n) is 13.9. The minimum absolute atomic E-state index is 0.0467. The van der Waals surface area contributed by atoms with E-state index in [-0.39, 0.29) is 5.78 Å². The van der Waals surface area contributed by atoms with E-state index in [1.165, 1.54) is 24.9 Å². The molecule has 0 spiro atoms. The molecule has 194 valence electrons. The molecule has 0 amide bonds. The van der Waals surface area contributed by atoms with E-state index in [1.54, 1.807) is 0 Å². The van der Waals surface area contributed by atoms with Gasteiger partial charge in [0.05, 0.1) is 16.6 Å². The van der Waals surface area contributed by atoms with E-state index in [0.29, 0.717) is 16.9 Å². The van der Waals surface area contributed by atoms with E-state index >= 15 is 0 Å². The van der Waals surface area contributed by atoms with Crippen LogP contribution < -0.4 is 15.1 Å². The molecule has 7 nitrogen and oxygen atoms in total. The number of rotatable bonds is 6. The number of ketones is 1. The van der Waals surface area contributed by atoms with Crippen molar-refractivity contribution in [3.63, 3.8) is 0 Å². The predicted molar refractivity (Wildman–Crippen MR) is 153 cm³/mol. The lowest BCUT2D eigenvalue weighted by Gasteiger charge is -2.36. The third-order valence-corrected chi connectivity index (χ3v) is 8.31. The van der Waals surface area contributed by atoms with Gasteiger partial charge in [-0.1, -0.05) is 47.6 Å². The number of para-hydroxylation sites is 1.